The Morgan fingerprint density at radius 3 is 2.43 bits per heavy atom. The second-order valence-electron chi connectivity index (χ2n) is 5.67. The molecule has 0 unspecified atom stereocenters. The molecule has 1 aromatic rings. The van der Waals surface area contributed by atoms with Gasteiger partial charge < -0.3 is 9.64 Å². The zero-order valence-corrected chi connectivity index (χ0v) is 12.1. The lowest BCUT2D eigenvalue weighted by atomic mass is 10.1. The Morgan fingerprint density at radius 1 is 1.14 bits per heavy atom. The third kappa shape index (κ3) is 3.53. The molecule has 0 saturated carbocycles. The monoisotopic (exact) mass is 290 g/mol. The van der Waals surface area contributed by atoms with Crippen LogP contribution in [0.5, 0.6) is 0 Å². The van der Waals surface area contributed by atoms with Gasteiger partial charge in [0.05, 0.1) is 0 Å². The molecule has 0 aliphatic carbocycles. The predicted molar refractivity (Wildman–Crippen MR) is 79.3 cm³/mol. The topological polar surface area (TPSA) is 62.0 Å². The van der Waals surface area contributed by atoms with Gasteiger partial charge in [-0.2, -0.15) is 0 Å². The van der Waals surface area contributed by atoms with Crippen molar-refractivity contribution >= 4 is 6.09 Å². The van der Waals surface area contributed by atoms with Crippen LogP contribution in [0.2, 0.25) is 0 Å². The fourth-order valence-corrected chi connectivity index (χ4v) is 2.80. The van der Waals surface area contributed by atoms with E-state index in [0.29, 0.717) is 12.6 Å². The van der Waals surface area contributed by atoms with Gasteiger partial charge in [0, 0.05) is 45.3 Å². The molecule has 1 aromatic carbocycles. The van der Waals surface area contributed by atoms with Crippen LogP contribution in [0.3, 0.4) is 0 Å². The lowest BCUT2D eigenvalue weighted by Crippen LogP contribution is -2.65. The first-order valence-electron chi connectivity index (χ1n) is 7.42. The third-order valence-corrected chi connectivity index (χ3v) is 4.18. The van der Waals surface area contributed by atoms with Crippen LogP contribution in [0.25, 0.3) is 0 Å². The quantitative estimate of drug-likeness (QED) is 0.821. The van der Waals surface area contributed by atoms with E-state index in [9.17, 15) is 4.79 Å². The standard InChI is InChI=1S/C15H22N4O2/c16-19-10-14(11-19)17-6-8-18(9-7-17)15(20)21-12-13-4-2-1-3-5-13/h1-5,14H,6-12,16H2. The summed E-state index contributed by atoms with van der Waals surface area (Å²) in [5, 5.41) is 1.82. The van der Waals surface area contributed by atoms with Crippen molar-refractivity contribution in [3.05, 3.63) is 35.9 Å². The number of hydrogen-bond acceptors (Lipinski definition) is 5. The molecule has 2 heterocycles. The summed E-state index contributed by atoms with van der Waals surface area (Å²) in [4.78, 5) is 16.2. The fourth-order valence-electron chi connectivity index (χ4n) is 2.80. The van der Waals surface area contributed by atoms with Crippen molar-refractivity contribution < 1.29 is 9.53 Å². The maximum atomic E-state index is 12.0. The van der Waals surface area contributed by atoms with Gasteiger partial charge >= 0.3 is 6.09 Å². The molecule has 0 atom stereocenters. The Kier molecular flexibility index (Phi) is 4.38. The van der Waals surface area contributed by atoms with Crippen molar-refractivity contribution in [1.82, 2.24) is 14.8 Å². The van der Waals surface area contributed by atoms with E-state index in [-0.39, 0.29) is 6.09 Å². The minimum Gasteiger partial charge on any atom is -0.445 e. The summed E-state index contributed by atoms with van der Waals surface area (Å²) in [5.41, 5.74) is 1.02. The molecular weight excluding hydrogens is 268 g/mol. The van der Waals surface area contributed by atoms with Gasteiger partial charge in [0.2, 0.25) is 0 Å². The van der Waals surface area contributed by atoms with Gasteiger partial charge in [-0.05, 0) is 5.56 Å². The van der Waals surface area contributed by atoms with E-state index < -0.39 is 0 Å². The second kappa shape index (κ2) is 6.43. The number of rotatable bonds is 3. The average Bonchev–Trinajstić information content (AvgIpc) is 2.51. The van der Waals surface area contributed by atoms with E-state index in [1.54, 1.807) is 4.90 Å². The molecule has 2 saturated heterocycles. The molecule has 2 aliphatic heterocycles. The Morgan fingerprint density at radius 2 is 1.81 bits per heavy atom. The van der Waals surface area contributed by atoms with Crippen LogP contribution in [-0.2, 0) is 11.3 Å². The average molecular weight is 290 g/mol. The van der Waals surface area contributed by atoms with Gasteiger partial charge in [-0.25, -0.2) is 9.80 Å². The van der Waals surface area contributed by atoms with Crippen molar-refractivity contribution in [3.8, 4) is 0 Å². The smallest absolute Gasteiger partial charge is 0.410 e. The highest BCUT2D eigenvalue weighted by Gasteiger charge is 2.33. The zero-order chi connectivity index (χ0) is 14.7. The van der Waals surface area contributed by atoms with Gasteiger partial charge in [-0.15, -0.1) is 0 Å². The van der Waals surface area contributed by atoms with Gasteiger partial charge in [0.25, 0.3) is 0 Å². The van der Waals surface area contributed by atoms with Crippen LogP contribution in [-0.4, -0.2) is 66.2 Å². The van der Waals surface area contributed by atoms with Crippen molar-refractivity contribution in [1.29, 1.82) is 0 Å². The first kappa shape index (κ1) is 14.3. The first-order valence-corrected chi connectivity index (χ1v) is 7.42. The minimum absolute atomic E-state index is 0.215. The third-order valence-electron chi connectivity index (χ3n) is 4.18. The molecule has 2 N–H and O–H groups in total. The maximum absolute atomic E-state index is 12.0. The summed E-state index contributed by atoms with van der Waals surface area (Å²) < 4.78 is 5.36. The zero-order valence-electron chi connectivity index (χ0n) is 12.1. The summed E-state index contributed by atoms with van der Waals surface area (Å²) in [6, 6.07) is 10.3. The molecule has 6 heteroatoms. The molecule has 0 radical (unpaired) electrons. The van der Waals surface area contributed by atoms with Crippen LogP contribution in [0.15, 0.2) is 30.3 Å². The number of piperazine rings is 1. The van der Waals surface area contributed by atoms with E-state index in [0.717, 1.165) is 44.8 Å². The summed E-state index contributed by atoms with van der Waals surface area (Å²) in [5.74, 6) is 5.67. The van der Waals surface area contributed by atoms with E-state index in [1.807, 2.05) is 35.3 Å². The van der Waals surface area contributed by atoms with Crippen molar-refractivity contribution in [2.45, 2.75) is 12.6 Å². The largest absolute Gasteiger partial charge is 0.445 e. The number of nitrogens with zero attached hydrogens (tertiary/aromatic N) is 3. The number of hydrogen-bond donors (Lipinski definition) is 1. The second-order valence-corrected chi connectivity index (χ2v) is 5.67. The van der Waals surface area contributed by atoms with Crippen molar-refractivity contribution in [3.63, 3.8) is 0 Å². The molecule has 1 amide bonds. The summed E-state index contributed by atoms with van der Waals surface area (Å²) in [6.07, 6.45) is -0.215. The number of carbonyl (C=O) groups excluding carboxylic acids is 1. The highest BCUT2D eigenvalue weighted by atomic mass is 16.6. The number of carbonyl (C=O) groups is 1. The summed E-state index contributed by atoms with van der Waals surface area (Å²) >= 11 is 0. The van der Waals surface area contributed by atoms with Crippen LogP contribution in [0.1, 0.15) is 5.56 Å². The molecule has 21 heavy (non-hydrogen) atoms. The highest BCUT2D eigenvalue weighted by molar-refractivity contribution is 5.67. The van der Waals surface area contributed by atoms with E-state index >= 15 is 0 Å². The van der Waals surface area contributed by atoms with Gasteiger partial charge in [0.1, 0.15) is 6.61 Å². The van der Waals surface area contributed by atoms with Crippen molar-refractivity contribution in [2.24, 2.45) is 5.84 Å². The van der Waals surface area contributed by atoms with Gasteiger partial charge in [-0.3, -0.25) is 10.7 Å². The van der Waals surface area contributed by atoms with Crippen LogP contribution in [0, 0.1) is 0 Å². The molecule has 0 spiro atoms. The summed E-state index contributed by atoms with van der Waals surface area (Å²) in [7, 11) is 0. The molecule has 2 aliphatic rings. The molecular formula is C15H22N4O2. The minimum atomic E-state index is -0.215. The SMILES string of the molecule is NN1CC(N2CCN(C(=O)OCc3ccccc3)CC2)C1. The van der Waals surface area contributed by atoms with Crippen LogP contribution >= 0.6 is 0 Å². The summed E-state index contributed by atoms with van der Waals surface area (Å²) in [6.45, 7) is 5.46. The first-order chi connectivity index (χ1) is 10.2. The molecule has 6 nitrogen and oxygen atoms in total. The van der Waals surface area contributed by atoms with E-state index in [1.165, 1.54) is 0 Å². The molecule has 0 bridgehead atoms. The van der Waals surface area contributed by atoms with Crippen molar-refractivity contribution in [2.75, 3.05) is 39.3 Å². The van der Waals surface area contributed by atoms with E-state index in [2.05, 4.69) is 4.90 Å². The van der Waals surface area contributed by atoms with Gasteiger partial charge in [-0.1, -0.05) is 30.3 Å². The van der Waals surface area contributed by atoms with E-state index in [4.69, 9.17) is 10.6 Å². The Labute approximate surface area is 125 Å². The highest BCUT2D eigenvalue weighted by Crippen LogP contribution is 2.14. The Hall–Kier alpha value is -1.63. The molecule has 114 valence electrons. The number of ether oxygens (including phenoxy) is 1. The normalized spacial score (nSPS) is 21.1. The lowest BCUT2D eigenvalue weighted by Gasteiger charge is -2.46. The number of hydrazine groups is 1. The lowest BCUT2D eigenvalue weighted by molar-refractivity contribution is 0.00244. The predicted octanol–water partition coefficient (Wildman–Crippen LogP) is 0.499. The molecule has 3 rings (SSSR count). The molecule has 0 aromatic heterocycles. The Bertz CT molecular complexity index is 468. The van der Waals surface area contributed by atoms with Crippen LogP contribution in [0.4, 0.5) is 4.79 Å². The van der Waals surface area contributed by atoms with Gasteiger partial charge in [0.15, 0.2) is 0 Å². The number of amides is 1. The maximum Gasteiger partial charge on any atom is 0.410 e. The fraction of sp³-hybridized carbons (Fsp3) is 0.533. The number of benzene rings is 1. The van der Waals surface area contributed by atoms with Crippen LogP contribution < -0.4 is 5.84 Å². The molecule has 2 fully saturated rings. The number of nitrogens with two attached hydrogens (primary N) is 1. The Balaban J connectivity index is 1.40.